The first-order valence-corrected chi connectivity index (χ1v) is 10.4. The van der Waals surface area contributed by atoms with Gasteiger partial charge in [-0.25, -0.2) is 4.79 Å². The van der Waals surface area contributed by atoms with Crippen molar-refractivity contribution in [3.63, 3.8) is 0 Å². The van der Waals surface area contributed by atoms with E-state index >= 15 is 0 Å². The van der Waals surface area contributed by atoms with E-state index in [9.17, 15) is 4.79 Å². The van der Waals surface area contributed by atoms with Gasteiger partial charge in [0.2, 0.25) is 0 Å². The number of nitrogens with one attached hydrogen (secondary N) is 2. The number of amides is 2. The van der Waals surface area contributed by atoms with Crippen LogP contribution in [0.15, 0.2) is 42.5 Å². The van der Waals surface area contributed by atoms with Gasteiger partial charge in [0.25, 0.3) is 0 Å². The Morgan fingerprint density at radius 2 is 1.79 bits per heavy atom. The number of anilines is 2. The predicted octanol–water partition coefficient (Wildman–Crippen LogP) is 5.05. The molecule has 0 aliphatic rings. The summed E-state index contributed by atoms with van der Waals surface area (Å²) in [5.41, 5.74) is 1.35. The van der Waals surface area contributed by atoms with E-state index < -0.39 is 0 Å². The molecule has 0 unspecified atom stereocenters. The number of unbranched alkanes of at least 4 members (excludes halogenated alkanes) is 1. The van der Waals surface area contributed by atoms with E-state index in [2.05, 4.69) is 45.0 Å². The highest BCUT2D eigenvalue weighted by Gasteiger charge is 2.08. The molecule has 152 valence electrons. The van der Waals surface area contributed by atoms with Gasteiger partial charge in [0, 0.05) is 30.1 Å². The fourth-order valence-electron chi connectivity index (χ4n) is 2.32. The van der Waals surface area contributed by atoms with Gasteiger partial charge in [0.05, 0.1) is 10.2 Å². The standard InChI is InChI=1S/C21H28IN3O3/c1-4-5-12-27-18-8-6-7-16(14-18)23-21(26)24-17-9-10-19(22)20(15-17)28-13-11-25(2)3/h6-10,14-15H,4-5,11-13H2,1-3H3,(H2,23,24,26). The summed E-state index contributed by atoms with van der Waals surface area (Å²) < 4.78 is 12.5. The molecule has 0 radical (unpaired) electrons. The van der Waals surface area contributed by atoms with Crippen molar-refractivity contribution in [2.75, 3.05) is 44.5 Å². The minimum absolute atomic E-state index is 0.314. The van der Waals surface area contributed by atoms with E-state index in [1.54, 1.807) is 0 Å². The maximum absolute atomic E-state index is 12.3. The number of benzene rings is 2. The highest BCUT2D eigenvalue weighted by molar-refractivity contribution is 14.1. The number of carbonyl (C=O) groups excluding carboxylic acids is 1. The lowest BCUT2D eigenvalue weighted by Crippen LogP contribution is -2.20. The van der Waals surface area contributed by atoms with Crippen LogP contribution in [0.5, 0.6) is 11.5 Å². The molecule has 0 aromatic heterocycles. The fourth-order valence-corrected chi connectivity index (χ4v) is 2.81. The molecular formula is C21H28IN3O3. The Balaban J connectivity index is 1.93. The summed E-state index contributed by atoms with van der Waals surface area (Å²) >= 11 is 2.22. The van der Waals surface area contributed by atoms with Crippen molar-refractivity contribution in [2.45, 2.75) is 19.8 Å². The first kappa shape index (κ1) is 22.3. The van der Waals surface area contributed by atoms with Gasteiger partial charge in [0.1, 0.15) is 18.1 Å². The quantitative estimate of drug-likeness (QED) is 0.356. The van der Waals surface area contributed by atoms with Crippen molar-refractivity contribution in [1.29, 1.82) is 0 Å². The molecule has 6 nitrogen and oxygen atoms in total. The Labute approximate surface area is 180 Å². The average Bonchev–Trinajstić information content (AvgIpc) is 2.64. The van der Waals surface area contributed by atoms with Crippen LogP contribution in [0.2, 0.25) is 0 Å². The molecule has 0 aliphatic heterocycles. The molecule has 0 saturated heterocycles. The molecule has 2 N–H and O–H groups in total. The van der Waals surface area contributed by atoms with Gasteiger partial charge >= 0.3 is 6.03 Å². The number of urea groups is 1. The van der Waals surface area contributed by atoms with Gasteiger partial charge in [-0.1, -0.05) is 19.4 Å². The smallest absolute Gasteiger partial charge is 0.323 e. The van der Waals surface area contributed by atoms with E-state index in [-0.39, 0.29) is 6.03 Å². The number of ether oxygens (including phenoxy) is 2. The third-order valence-corrected chi connectivity index (χ3v) is 4.73. The van der Waals surface area contributed by atoms with Gasteiger partial charge < -0.3 is 25.0 Å². The number of likely N-dealkylation sites (N-methyl/N-ethyl adjacent to an activating group) is 1. The normalized spacial score (nSPS) is 10.6. The first-order chi connectivity index (χ1) is 13.5. The zero-order chi connectivity index (χ0) is 20.4. The monoisotopic (exact) mass is 497 g/mol. The van der Waals surface area contributed by atoms with Crippen LogP contribution in [-0.2, 0) is 0 Å². The van der Waals surface area contributed by atoms with Crippen LogP contribution in [0.25, 0.3) is 0 Å². The molecule has 0 atom stereocenters. The first-order valence-electron chi connectivity index (χ1n) is 9.36. The number of carbonyl (C=O) groups is 1. The molecule has 0 heterocycles. The van der Waals surface area contributed by atoms with Crippen molar-refractivity contribution in [1.82, 2.24) is 4.90 Å². The van der Waals surface area contributed by atoms with Crippen LogP contribution < -0.4 is 20.1 Å². The lowest BCUT2D eigenvalue weighted by atomic mass is 10.3. The van der Waals surface area contributed by atoms with E-state index in [0.717, 1.165) is 34.5 Å². The number of nitrogens with zero attached hydrogens (tertiary/aromatic N) is 1. The van der Waals surface area contributed by atoms with E-state index in [0.29, 0.717) is 24.6 Å². The predicted molar refractivity (Wildman–Crippen MR) is 123 cm³/mol. The van der Waals surface area contributed by atoms with Crippen molar-refractivity contribution in [3.05, 3.63) is 46.0 Å². The van der Waals surface area contributed by atoms with Gasteiger partial charge in [-0.05, 0) is 67.4 Å². The molecule has 0 saturated carbocycles. The third-order valence-electron chi connectivity index (χ3n) is 3.84. The summed E-state index contributed by atoms with van der Waals surface area (Å²) in [6, 6.07) is 12.7. The van der Waals surface area contributed by atoms with Crippen molar-refractivity contribution in [2.24, 2.45) is 0 Å². The van der Waals surface area contributed by atoms with Crippen LogP contribution in [0.3, 0.4) is 0 Å². The average molecular weight is 497 g/mol. The second-order valence-electron chi connectivity index (χ2n) is 6.61. The Morgan fingerprint density at radius 1 is 1.04 bits per heavy atom. The third kappa shape index (κ3) is 7.93. The molecule has 2 aromatic rings. The van der Waals surface area contributed by atoms with Crippen LogP contribution >= 0.6 is 22.6 Å². The van der Waals surface area contributed by atoms with Gasteiger partial charge in [-0.3, -0.25) is 0 Å². The highest BCUT2D eigenvalue weighted by Crippen LogP contribution is 2.25. The summed E-state index contributed by atoms with van der Waals surface area (Å²) in [4.78, 5) is 14.4. The molecule has 2 aromatic carbocycles. The van der Waals surface area contributed by atoms with Crippen LogP contribution in [0.1, 0.15) is 19.8 Å². The molecule has 0 spiro atoms. The second-order valence-corrected chi connectivity index (χ2v) is 7.77. The molecule has 2 amide bonds. The van der Waals surface area contributed by atoms with Crippen LogP contribution in [-0.4, -0.2) is 44.8 Å². The lowest BCUT2D eigenvalue weighted by molar-refractivity contribution is 0.260. The molecule has 0 bridgehead atoms. The van der Waals surface area contributed by atoms with Gasteiger partial charge in [-0.2, -0.15) is 0 Å². The minimum Gasteiger partial charge on any atom is -0.494 e. The van der Waals surface area contributed by atoms with E-state index in [1.165, 1.54) is 0 Å². The summed E-state index contributed by atoms with van der Waals surface area (Å²) in [5.74, 6) is 1.50. The van der Waals surface area contributed by atoms with Crippen LogP contribution in [0, 0.1) is 3.57 Å². The zero-order valence-corrected chi connectivity index (χ0v) is 18.8. The number of hydrogen-bond donors (Lipinski definition) is 2. The molecule has 0 fully saturated rings. The Hall–Kier alpha value is -2.00. The van der Waals surface area contributed by atoms with Crippen LogP contribution in [0.4, 0.5) is 16.2 Å². The molecule has 0 aliphatic carbocycles. The zero-order valence-electron chi connectivity index (χ0n) is 16.6. The fraction of sp³-hybridized carbons (Fsp3) is 0.381. The molecule has 28 heavy (non-hydrogen) atoms. The SMILES string of the molecule is CCCCOc1cccc(NC(=O)Nc2ccc(I)c(OCCN(C)C)c2)c1. The Kier molecular flexibility index (Phi) is 9.36. The molecule has 7 heteroatoms. The summed E-state index contributed by atoms with van der Waals surface area (Å²) in [7, 11) is 4.00. The lowest BCUT2D eigenvalue weighted by Gasteiger charge is -2.14. The van der Waals surface area contributed by atoms with Gasteiger partial charge in [-0.15, -0.1) is 0 Å². The Morgan fingerprint density at radius 3 is 2.50 bits per heavy atom. The maximum atomic E-state index is 12.3. The van der Waals surface area contributed by atoms with Crippen molar-refractivity contribution in [3.8, 4) is 11.5 Å². The minimum atomic E-state index is -0.314. The summed E-state index contributed by atoms with van der Waals surface area (Å²) in [5, 5.41) is 5.68. The Bertz CT molecular complexity index is 768. The molecule has 2 rings (SSSR count). The van der Waals surface area contributed by atoms with E-state index in [1.807, 2.05) is 56.6 Å². The second kappa shape index (κ2) is 11.8. The topological polar surface area (TPSA) is 62.8 Å². The van der Waals surface area contributed by atoms with Crippen molar-refractivity contribution >= 4 is 40.0 Å². The summed E-state index contributed by atoms with van der Waals surface area (Å²) in [6.45, 7) is 4.20. The number of halogens is 1. The van der Waals surface area contributed by atoms with Gasteiger partial charge in [0.15, 0.2) is 0 Å². The molecular weight excluding hydrogens is 469 g/mol. The number of hydrogen-bond acceptors (Lipinski definition) is 4. The summed E-state index contributed by atoms with van der Waals surface area (Å²) in [6.07, 6.45) is 2.08. The largest absolute Gasteiger partial charge is 0.494 e. The number of rotatable bonds is 10. The highest BCUT2D eigenvalue weighted by atomic mass is 127. The maximum Gasteiger partial charge on any atom is 0.323 e. The van der Waals surface area contributed by atoms with E-state index in [4.69, 9.17) is 9.47 Å². The van der Waals surface area contributed by atoms with Crippen molar-refractivity contribution < 1.29 is 14.3 Å².